The van der Waals surface area contributed by atoms with Gasteiger partial charge in [0.25, 0.3) is 0 Å². The van der Waals surface area contributed by atoms with Gasteiger partial charge in [0.1, 0.15) is 5.82 Å². The first-order valence-electron chi connectivity index (χ1n) is 6.40. The van der Waals surface area contributed by atoms with Crippen molar-refractivity contribution in [3.63, 3.8) is 0 Å². The van der Waals surface area contributed by atoms with Crippen molar-refractivity contribution in [2.24, 2.45) is 0 Å². The van der Waals surface area contributed by atoms with Crippen molar-refractivity contribution in [2.75, 3.05) is 6.61 Å². The van der Waals surface area contributed by atoms with Crippen LogP contribution in [0.1, 0.15) is 29.3 Å². The molecule has 0 radical (unpaired) electrons. The Labute approximate surface area is 121 Å². The Kier molecular flexibility index (Phi) is 5.26. The molecule has 0 aliphatic rings. The first-order chi connectivity index (χ1) is 9.70. The molecule has 0 saturated heterocycles. The second kappa shape index (κ2) is 7.17. The van der Waals surface area contributed by atoms with Crippen LogP contribution in [0.2, 0.25) is 0 Å². The van der Waals surface area contributed by atoms with E-state index in [1.54, 1.807) is 12.1 Å². The van der Waals surface area contributed by atoms with Gasteiger partial charge in [0.15, 0.2) is 0 Å². The monoisotopic (exact) mass is 293 g/mol. The van der Waals surface area contributed by atoms with Crippen molar-refractivity contribution in [1.82, 2.24) is 5.32 Å². The molecule has 5 heteroatoms. The van der Waals surface area contributed by atoms with Crippen LogP contribution in [0.15, 0.2) is 41.8 Å². The Balaban J connectivity index is 2.17. The van der Waals surface area contributed by atoms with Crippen LogP contribution < -0.4 is 5.32 Å². The molecule has 0 bridgehead atoms. The Morgan fingerprint density at radius 1 is 1.30 bits per heavy atom. The number of aliphatic hydroxyl groups is 1. The highest BCUT2D eigenvalue weighted by Gasteiger charge is 2.17. The Morgan fingerprint density at radius 3 is 2.65 bits per heavy atom. The molecule has 1 aromatic carbocycles. The molecule has 0 aliphatic heterocycles. The molecule has 2 rings (SSSR count). The Morgan fingerprint density at radius 2 is 2.05 bits per heavy atom. The maximum atomic E-state index is 13.0. The van der Waals surface area contributed by atoms with Crippen LogP contribution in [0, 0.1) is 5.82 Å². The summed E-state index contributed by atoms with van der Waals surface area (Å²) in [7, 11) is 0. The lowest BCUT2D eigenvalue weighted by molar-refractivity contribution is -0.121. The van der Waals surface area contributed by atoms with E-state index in [1.807, 2.05) is 17.5 Å². The summed E-state index contributed by atoms with van der Waals surface area (Å²) < 4.78 is 13.0. The molecule has 0 fully saturated rings. The number of hydrogen-bond acceptors (Lipinski definition) is 3. The first-order valence-corrected chi connectivity index (χ1v) is 7.28. The second-order valence-electron chi connectivity index (χ2n) is 4.39. The van der Waals surface area contributed by atoms with Gasteiger partial charge < -0.3 is 10.4 Å². The average Bonchev–Trinajstić information content (AvgIpc) is 2.97. The molecule has 0 aliphatic carbocycles. The quantitative estimate of drug-likeness (QED) is 0.860. The fourth-order valence-corrected chi connectivity index (χ4v) is 2.70. The highest BCUT2D eigenvalue weighted by Crippen LogP contribution is 2.26. The number of thiophene rings is 1. The SMILES string of the molecule is O=C(CCCO)NC(c1ccc(F)cc1)c1cccs1. The van der Waals surface area contributed by atoms with Crippen molar-refractivity contribution in [1.29, 1.82) is 0 Å². The van der Waals surface area contributed by atoms with Crippen LogP contribution in [0.3, 0.4) is 0 Å². The number of nitrogens with one attached hydrogen (secondary N) is 1. The zero-order valence-electron chi connectivity index (χ0n) is 10.9. The minimum atomic E-state index is -0.301. The van der Waals surface area contributed by atoms with Gasteiger partial charge in [-0.25, -0.2) is 4.39 Å². The van der Waals surface area contributed by atoms with Gasteiger partial charge >= 0.3 is 0 Å². The van der Waals surface area contributed by atoms with E-state index in [-0.39, 0.29) is 30.8 Å². The average molecular weight is 293 g/mol. The molecule has 1 atom stereocenters. The summed E-state index contributed by atoms with van der Waals surface area (Å²) in [6.07, 6.45) is 0.714. The van der Waals surface area contributed by atoms with E-state index in [0.717, 1.165) is 10.4 Å². The second-order valence-corrected chi connectivity index (χ2v) is 5.37. The Hall–Kier alpha value is -1.72. The largest absolute Gasteiger partial charge is 0.396 e. The van der Waals surface area contributed by atoms with E-state index >= 15 is 0 Å². The van der Waals surface area contributed by atoms with Crippen LogP contribution >= 0.6 is 11.3 Å². The number of carbonyl (C=O) groups excluding carboxylic acids is 1. The fraction of sp³-hybridized carbons (Fsp3) is 0.267. The lowest BCUT2D eigenvalue weighted by atomic mass is 10.0. The molecule has 2 N–H and O–H groups in total. The third kappa shape index (κ3) is 3.88. The highest BCUT2D eigenvalue weighted by molar-refractivity contribution is 7.10. The number of benzene rings is 1. The van der Waals surface area contributed by atoms with Gasteiger partial charge in [-0.3, -0.25) is 4.79 Å². The van der Waals surface area contributed by atoms with Gasteiger partial charge in [-0.05, 0) is 35.6 Å². The highest BCUT2D eigenvalue weighted by atomic mass is 32.1. The van der Waals surface area contributed by atoms with E-state index < -0.39 is 0 Å². The van der Waals surface area contributed by atoms with E-state index in [4.69, 9.17) is 5.11 Å². The topological polar surface area (TPSA) is 49.3 Å². The van der Waals surface area contributed by atoms with Gasteiger partial charge in [-0.15, -0.1) is 11.3 Å². The lowest BCUT2D eigenvalue weighted by Crippen LogP contribution is -2.28. The Bertz CT molecular complexity index is 540. The molecular weight excluding hydrogens is 277 g/mol. The number of amides is 1. The summed E-state index contributed by atoms with van der Waals surface area (Å²) in [6.45, 7) is -0.00631. The van der Waals surface area contributed by atoms with Crippen molar-refractivity contribution in [3.8, 4) is 0 Å². The standard InChI is InChI=1S/C15H16FNO2S/c16-12-7-5-11(6-8-12)15(13-3-2-10-20-13)17-14(19)4-1-9-18/h2-3,5-8,10,15,18H,1,4,9H2,(H,17,19). The zero-order chi connectivity index (χ0) is 14.4. The molecule has 2 aromatic rings. The summed E-state index contributed by atoms with van der Waals surface area (Å²) in [6, 6.07) is 9.69. The van der Waals surface area contributed by atoms with Crippen LogP contribution in [0.4, 0.5) is 4.39 Å². The fourth-order valence-electron chi connectivity index (χ4n) is 1.90. The normalized spacial score (nSPS) is 12.1. The van der Waals surface area contributed by atoms with Gasteiger partial charge in [0, 0.05) is 17.9 Å². The molecule has 106 valence electrons. The van der Waals surface area contributed by atoms with E-state index in [2.05, 4.69) is 5.32 Å². The van der Waals surface area contributed by atoms with Crippen LogP contribution in [-0.2, 0) is 4.79 Å². The van der Waals surface area contributed by atoms with Crippen molar-refractivity contribution < 1.29 is 14.3 Å². The molecule has 1 heterocycles. The van der Waals surface area contributed by atoms with E-state index in [9.17, 15) is 9.18 Å². The number of aliphatic hydroxyl groups excluding tert-OH is 1. The molecule has 1 unspecified atom stereocenters. The first kappa shape index (κ1) is 14.7. The minimum absolute atomic E-state index is 0.00631. The molecule has 1 amide bonds. The smallest absolute Gasteiger partial charge is 0.220 e. The van der Waals surface area contributed by atoms with E-state index in [0.29, 0.717) is 6.42 Å². The maximum Gasteiger partial charge on any atom is 0.220 e. The lowest BCUT2D eigenvalue weighted by Gasteiger charge is -2.18. The summed E-state index contributed by atoms with van der Waals surface area (Å²) in [5.41, 5.74) is 0.839. The number of hydrogen-bond donors (Lipinski definition) is 2. The van der Waals surface area contributed by atoms with Crippen molar-refractivity contribution >= 4 is 17.2 Å². The molecule has 1 aromatic heterocycles. The molecule has 3 nitrogen and oxygen atoms in total. The number of halogens is 1. The van der Waals surface area contributed by atoms with Gasteiger partial charge in [-0.1, -0.05) is 18.2 Å². The third-order valence-electron chi connectivity index (χ3n) is 2.90. The summed E-state index contributed by atoms with van der Waals surface area (Å²) in [5, 5.41) is 13.6. The number of carbonyl (C=O) groups is 1. The number of rotatable bonds is 6. The summed E-state index contributed by atoms with van der Waals surface area (Å²) in [4.78, 5) is 12.9. The third-order valence-corrected chi connectivity index (χ3v) is 3.84. The van der Waals surface area contributed by atoms with Crippen molar-refractivity contribution in [3.05, 3.63) is 58.0 Å². The minimum Gasteiger partial charge on any atom is -0.396 e. The summed E-state index contributed by atoms with van der Waals surface area (Å²) in [5.74, 6) is -0.424. The van der Waals surface area contributed by atoms with Gasteiger partial charge in [-0.2, -0.15) is 0 Å². The molecule has 0 spiro atoms. The van der Waals surface area contributed by atoms with Gasteiger partial charge in [0.05, 0.1) is 6.04 Å². The maximum absolute atomic E-state index is 13.0. The van der Waals surface area contributed by atoms with Crippen LogP contribution in [0.25, 0.3) is 0 Å². The predicted molar refractivity (Wildman–Crippen MR) is 77.0 cm³/mol. The molecule has 0 saturated carbocycles. The molecule has 20 heavy (non-hydrogen) atoms. The van der Waals surface area contributed by atoms with Crippen molar-refractivity contribution in [2.45, 2.75) is 18.9 Å². The summed E-state index contributed by atoms with van der Waals surface area (Å²) >= 11 is 1.54. The predicted octanol–water partition coefficient (Wildman–Crippen LogP) is 2.87. The van der Waals surface area contributed by atoms with Crippen LogP contribution in [-0.4, -0.2) is 17.6 Å². The zero-order valence-corrected chi connectivity index (χ0v) is 11.7. The van der Waals surface area contributed by atoms with Crippen LogP contribution in [0.5, 0.6) is 0 Å². The molecular formula is C15H16FNO2S. The van der Waals surface area contributed by atoms with Gasteiger partial charge in [0.2, 0.25) is 5.91 Å². The van der Waals surface area contributed by atoms with E-state index in [1.165, 1.54) is 23.5 Å².